The molecule has 2 saturated heterocycles. The number of thiocarbonyl (C=S) groups is 1. The maximum absolute atomic E-state index is 12.5. The Labute approximate surface area is 118 Å². The Hall–Kier alpha value is -1.26. The zero-order valence-corrected chi connectivity index (χ0v) is 11.6. The van der Waals surface area contributed by atoms with Crippen LogP contribution in [-0.2, 0) is 4.79 Å². The minimum absolute atomic E-state index is 0.115. The van der Waals surface area contributed by atoms with Crippen LogP contribution in [0, 0.1) is 5.92 Å². The van der Waals surface area contributed by atoms with Crippen molar-refractivity contribution < 1.29 is 4.79 Å². The molecule has 3 rings (SSSR count). The van der Waals surface area contributed by atoms with Gasteiger partial charge in [-0.1, -0.05) is 42.5 Å². The topological polar surface area (TPSA) is 41.1 Å². The summed E-state index contributed by atoms with van der Waals surface area (Å²) in [5.74, 6) is 0.112. The Morgan fingerprint density at radius 2 is 2.05 bits per heavy atom. The van der Waals surface area contributed by atoms with E-state index in [-0.39, 0.29) is 17.7 Å². The maximum atomic E-state index is 12.5. The largest absolute Gasteiger partial charge is 0.366 e. The molecule has 0 saturated carbocycles. The summed E-state index contributed by atoms with van der Waals surface area (Å²) in [5, 5.41) is 6.64. The second-order valence-electron chi connectivity index (χ2n) is 5.34. The molecule has 100 valence electrons. The molecular formula is C15H18N2OS. The smallest absolute Gasteiger partial charge is 0.169 e. The first-order valence-corrected chi connectivity index (χ1v) is 7.29. The number of ketones is 1. The summed E-state index contributed by atoms with van der Waals surface area (Å²) in [6.45, 7) is 1.06. The van der Waals surface area contributed by atoms with Crippen LogP contribution in [-0.4, -0.2) is 23.4 Å². The minimum atomic E-state index is -0.250. The van der Waals surface area contributed by atoms with Crippen molar-refractivity contribution in [2.45, 2.75) is 31.3 Å². The molecule has 2 aliphatic rings. The normalized spacial score (nSPS) is 30.6. The third-order valence-corrected chi connectivity index (χ3v) is 4.45. The fraction of sp³-hybridized carbons (Fsp3) is 0.467. The lowest BCUT2D eigenvalue weighted by Crippen LogP contribution is -2.29. The molecule has 1 aromatic carbocycles. The van der Waals surface area contributed by atoms with Gasteiger partial charge in [0.2, 0.25) is 0 Å². The molecule has 3 nitrogen and oxygen atoms in total. The van der Waals surface area contributed by atoms with E-state index in [1.54, 1.807) is 0 Å². The molecule has 3 atom stereocenters. The van der Waals surface area contributed by atoms with Crippen LogP contribution in [0.5, 0.6) is 0 Å². The van der Waals surface area contributed by atoms with Crippen LogP contribution in [0.3, 0.4) is 0 Å². The second kappa shape index (κ2) is 5.39. The molecule has 0 aliphatic carbocycles. The van der Waals surface area contributed by atoms with Gasteiger partial charge in [-0.25, -0.2) is 0 Å². The van der Waals surface area contributed by atoms with E-state index in [2.05, 4.69) is 10.6 Å². The first-order valence-electron chi connectivity index (χ1n) is 6.88. The van der Waals surface area contributed by atoms with Gasteiger partial charge < -0.3 is 10.6 Å². The Kier molecular flexibility index (Phi) is 3.62. The van der Waals surface area contributed by atoms with Crippen LogP contribution < -0.4 is 10.6 Å². The number of Topliss-reactive ketones (excluding diaryl/α,β-unsaturated/α-hetero) is 1. The zero-order chi connectivity index (χ0) is 13.2. The third kappa shape index (κ3) is 2.55. The summed E-state index contributed by atoms with van der Waals surface area (Å²) < 4.78 is 0. The van der Waals surface area contributed by atoms with Gasteiger partial charge in [0.05, 0.1) is 10.9 Å². The van der Waals surface area contributed by atoms with Gasteiger partial charge in [0.1, 0.15) is 6.04 Å². The van der Waals surface area contributed by atoms with E-state index in [9.17, 15) is 4.79 Å². The third-order valence-electron chi connectivity index (χ3n) is 4.05. The fourth-order valence-electron chi connectivity index (χ4n) is 3.00. The van der Waals surface area contributed by atoms with Crippen molar-refractivity contribution in [1.82, 2.24) is 10.6 Å². The Morgan fingerprint density at radius 3 is 2.74 bits per heavy atom. The van der Waals surface area contributed by atoms with E-state index in [1.807, 2.05) is 30.3 Å². The summed E-state index contributed by atoms with van der Waals surface area (Å²) in [7, 11) is 0. The summed E-state index contributed by atoms with van der Waals surface area (Å²) in [6, 6.07) is 10.0. The average molecular weight is 274 g/mol. The van der Waals surface area contributed by atoms with Crippen molar-refractivity contribution in [2.75, 3.05) is 6.54 Å². The highest BCUT2D eigenvalue weighted by Crippen LogP contribution is 2.29. The van der Waals surface area contributed by atoms with Crippen molar-refractivity contribution in [2.24, 2.45) is 5.92 Å². The van der Waals surface area contributed by atoms with E-state index in [0.29, 0.717) is 11.0 Å². The van der Waals surface area contributed by atoms with Crippen LogP contribution in [0.25, 0.3) is 0 Å². The summed E-state index contributed by atoms with van der Waals surface area (Å²) in [6.07, 6.45) is 3.20. The van der Waals surface area contributed by atoms with Crippen LogP contribution in [0.15, 0.2) is 30.3 Å². The van der Waals surface area contributed by atoms with E-state index in [0.717, 1.165) is 24.9 Å². The molecule has 2 heterocycles. The van der Waals surface area contributed by atoms with E-state index in [4.69, 9.17) is 12.2 Å². The molecule has 2 fully saturated rings. The highest BCUT2D eigenvalue weighted by atomic mass is 32.1. The van der Waals surface area contributed by atoms with Gasteiger partial charge in [0, 0.05) is 6.04 Å². The predicted molar refractivity (Wildman–Crippen MR) is 79.1 cm³/mol. The van der Waals surface area contributed by atoms with Gasteiger partial charge in [-0.3, -0.25) is 4.79 Å². The first kappa shape index (κ1) is 12.8. The van der Waals surface area contributed by atoms with E-state index in [1.165, 1.54) is 6.42 Å². The van der Waals surface area contributed by atoms with Gasteiger partial charge in [-0.2, -0.15) is 0 Å². The van der Waals surface area contributed by atoms with Crippen molar-refractivity contribution in [1.29, 1.82) is 0 Å². The fourth-order valence-corrected chi connectivity index (χ4v) is 3.33. The lowest BCUT2D eigenvalue weighted by atomic mass is 9.92. The van der Waals surface area contributed by atoms with Gasteiger partial charge in [-0.05, 0) is 31.4 Å². The van der Waals surface area contributed by atoms with Crippen LogP contribution in [0.2, 0.25) is 0 Å². The Morgan fingerprint density at radius 1 is 1.26 bits per heavy atom. The maximum Gasteiger partial charge on any atom is 0.169 e. The number of carbonyl (C=O) groups excluding carboxylic acids is 1. The monoisotopic (exact) mass is 274 g/mol. The SMILES string of the molecule is O=C1C(C[C@@H]2CCCN2)C(=S)N[C@@H]1c1ccccc1. The molecule has 4 heteroatoms. The number of hydrogen-bond donors (Lipinski definition) is 2. The minimum Gasteiger partial charge on any atom is -0.366 e. The molecule has 2 aliphatic heterocycles. The number of carbonyl (C=O) groups is 1. The Bertz CT molecular complexity index is 482. The number of rotatable bonds is 3. The number of benzene rings is 1. The van der Waals surface area contributed by atoms with Crippen LogP contribution in [0.4, 0.5) is 0 Å². The van der Waals surface area contributed by atoms with E-state index < -0.39 is 0 Å². The molecule has 0 radical (unpaired) electrons. The lowest BCUT2D eigenvalue weighted by Gasteiger charge is -2.14. The molecule has 2 N–H and O–H groups in total. The highest BCUT2D eigenvalue weighted by molar-refractivity contribution is 7.80. The predicted octanol–water partition coefficient (Wildman–Crippen LogP) is 1.99. The number of nitrogens with one attached hydrogen (secondary N) is 2. The van der Waals surface area contributed by atoms with Crippen molar-refractivity contribution in [3.05, 3.63) is 35.9 Å². The van der Waals surface area contributed by atoms with Crippen LogP contribution in [0.1, 0.15) is 30.9 Å². The molecule has 0 amide bonds. The molecular weight excluding hydrogens is 256 g/mol. The Balaban J connectivity index is 1.73. The van der Waals surface area contributed by atoms with Crippen molar-refractivity contribution in [3.63, 3.8) is 0 Å². The van der Waals surface area contributed by atoms with Crippen molar-refractivity contribution in [3.8, 4) is 0 Å². The zero-order valence-electron chi connectivity index (χ0n) is 10.8. The van der Waals surface area contributed by atoms with Gasteiger partial charge >= 0.3 is 0 Å². The lowest BCUT2D eigenvalue weighted by molar-refractivity contribution is -0.121. The quantitative estimate of drug-likeness (QED) is 0.827. The highest BCUT2D eigenvalue weighted by Gasteiger charge is 2.40. The summed E-state index contributed by atoms with van der Waals surface area (Å²) in [5.41, 5.74) is 1.01. The second-order valence-corrected chi connectivity index (χ2v) is 5.78. The summed E-state index contributed by atoms with van der Waals surface area (Å²) >= 11 is 5.37. The molecule has 1 unspecified atom stereocenters. The van der Waals surface area contributed by atoms with E-state index >= 15 is 0 Å². The summed E-state index contributed by atoms with van der Waals surface area (Å²) in [4.78, 5) is 13.2. The molecule has 0 aromatic heterocycles. The first-order chi connectivity index (χ1) is 9.25. The van der Waals surface area contributed by atoms with Crippen LogP contribution >= 0.6 is 12.2 Å². The molecule has 1 aromatic rings. The van der Waals surface area contributed by atoms with Gasteiger partial charge in [0.25, 0.3) is 0 Å². The molecule has 0 spiro atoms. The number of hydrogen-bond acceptors (Lipinski definition) is 3. The average Bonchev–Trinajstić information content (AvgIpc) is 3.03. The van der Waals surface area contributed by atoms with Crippen molar-refractivity contribution >= 4 is 23.0 Å². The molecule has 19 heavy (non-hydrogen) atoms. The molecule has 0 bridgehead atoms. The standard InChI is InChI=1S/C15H18N2OS/c18-14-12(9-11-7-4-8-16-11)15(19)17-13(14)10-5-2-1-3-6-10/h1-3,5-6,11-13,16H,4,7-9H2,(H,17,19)/t11-,12?,13+/m0/s1. The van der Waals surface area contributed by atoms with Gasteiger partial charge in [-0.15, -0.1) is 0 Å². The van der Waals surface area contributed by atoms with Gasteiger partial charge in [0.15, 0.2) is 5.78 Å².